The van der Waals surface area contributed by atoms with Crippen LogP contribution >= 0.6 is 0 Å². The highest BCUT2D eigenvalue weighted by Gasteiger charge is 2.03. The Kier molecular flexibility index (Phi) is 15.3. The molecule has 0 aliphatic carbocycles. The summed E-state index contributed by atoms with van der Waals surface area (Å²) in [6.45, 7) is 3.81. The predicted octanol–water partition coefficient (Wildman–Crippen LogP) is -0.420. The molecule has 0 fully saturated rings. The van der Waals surface area contributed by atoms with Gasteiger partial charge in [-0.05, 0) is 12.8 Å². The zero-order valence-corrected chi connectivity index (χ0v) is 8.14. The van der Waals surface area contributed by atoms with E-state index in [1.165, 1.54) is 0 Å². The van der Waals surface area contributed by atoms with Gasteiger partial charge in [0.1, 0.15) is 0 Å². The fourth-order valence-electron chi connectivity index (χ4n) is 0.735. The summed E-state index contributed by atoms with van der Waals surface area (Å²) in [5, 5.41) is 2.30. The van der Waals surface area contributed by atoms with Crippen LogP contribution in [0.3, 0.4) is 0 Å². The Balaban J connectivity index is -0.000000500. The van der Waals surface area contributed by atoms with Gasteiger partial charge in [0.25, 0.3) is 0 Å². The molecule has 0 atom stereocenters. The van der Waals surface area contributed by atoms with Crippen LogP contribution in [0.4, 0.5) is 0 Å². The smallest absolute Gasteiger partial charge is 0.226 e. The van der Waals surface area contributed by atoms with E-state index in [1.807, 2.05) is 13.8 Å². The quantitative estimate of drug-likeness (QED) is 0.654. The zero-order chi connectivity index (χ0) is 8.69. The highest BCUT2D eigenvalue weighted by atomic mass is 16.2. The van der Waals surface area contributed by atoms with Crippen molar-refractivity contribution in [1.29, 1.82) is 0 Å². The van der Waals surface area contributed by atoms with E-state index in [-0.39, 0.29) is 22.8 Å². The van der Waals surface area contributed by atoms with Crippen LogP contribution in [0.15, 0.2) is 0 Å². The first kappa shape index (κ1) is 18.0. The van der Waals surface area contributed by atoms with E-state index < -0.39 is 0 Å². The van der Waals surface area contributed by atoms with Crippen LogP contribution in [0.1, 0.15) is 39.5 Å². The summed E-state index contributed by atoms with van der Waals surface area (Å²) in [7, 11) is 0. The summed E-state index contributed by atoms with van der Waals surface area (Å²) in [6, 6.07) is 0. The lowest BCUT2D eigenvalue weighted by molar-refractivity contribution is -0.130. The molecule has 0 bridgehead atoms. The molecule has 0 aromatic heterocycles. The average Bonchev–Trinajstić information content (AvgIpc) is 1.87. The van der Waals surface area contributed by atoms with Gasteiger partial charge in [-0.1, -0.05) is 13.8 Å². The Labute approximate surface area is 78.1 Å². The van der Waals surface area contributed by atoms with Crippen LogP contribution < -0.4 is 5.32 Å². The van der Waals surface area contributed by atoms with Crippen LogP contribution in [0.25, 0.3) is 0 Å². The molecule has 0 aromatic rings. The van der Waals surface area contributed by atoms with E-state index in [1.54, 1.807) is 0 Å². The maximum absolute atomic E-state index is 10.8. The van der Waals surface area contributed by atoms with Gasteiger partial charge in [-0.25, -0.2) is 0 Å². The van der Waals surface area contributed by atoms with Crippen molar-refractivity contribution in [3.63, 3.8) is 0 Å². The van der Waals surface area contributed by atoms with Gasteiger partial charge in [0.15, 0.2) is 0 Å². The van der Waals surface area contributed by atoms with Crippen molar-refractivity contribution in [2.45, 2.75) is 39.5 Å². The maximum Gasteiger partial charge on any atom is 0.226 e. The molecular formula is C8H19NO4. The van der Waals surface area contributed by atoms with E-state index in [4.69, 9.17) is 0 Å². The Morgan fingerprint density at radius 2 is 1.23 bits per heavy atom. The van der Waals surface area contributed by atoms with E-state index in [0.717, 1.165) is 12.8 Å². The summed E-state index contributed by atoms with van der Waals surface area (Å²) >= 11 is 0. The zero-order valence-electron chi connectivity index (χ0n) is 8.14. The molecule has 0 aliphatic rings. The van der Waals surface area contributed by atoms with E-state index >= 15 is 0 Å². The SMILES string of the molecule is CCCC(=O)NC(=O)CCC.O.O. The first-order valence-corrected chi connectivity index (χ1v) is 4.03. The van der Waals surface area contributed by atoms with Crippen molar-refractivity contribution in [3.05, 3.63) is 0 Å². The molecule has 80 valence electrons. The third-order valence-corrected chi connectivity index (χ3v) is 1.23. The molecule has 0 saturated carbocycles. The topological polar surface area (TPSA) is 109 Å². The molecular weight excluding hydrogens is 174 g/mol. The molecule has 0 unspecified atom stereocenters. The van der Waals surface area contributed by atoms with Crippen molar-refractivity contribution in [3.8, 4) is 0 Å². The first-order valence-electron chi connectivity index (χ1n) is 4.03. The predicted molar refractivity (Wildman–Crippen MR) is 50.2 cm³/mol. The van der Waals surface area contributed by atoms with Gasteiger partial charge in [-0.15, -0.1) is 0 Å². The largest absolute Gasteiger partial charge is 0.412 e. The normalized spacial score (nSPS) is 7.85. The van der Waals surface area contributed by atoms with E-state index in [9.17, 15) is 9.59 Å². The second-order valence-corrected chi connectivity index (χ2v) is 2.47. The average molecular weight is 193 g/mol. The Morgan fingerprint density at radius 3 is 1.46 bits per heavy atom. The van der Waals surface area contributed by atoms with Crippen molar-refractivity contribution >= 4 is 11.8 Å². The third-order valence-electron chi connectivity index (χ3n) is 1.23. The van der Waals surface area contributed by atoms with Crippen molar-refractivity contribution in [2.75, 3.05) is 0 Å². The molecule has 2 amide bonds. The Hall–Kier alpha value is -0.940. The summed E-state index contributed by atoms with van der Waals surface area (Å²) < 4.78 is 0. The lowest BCUT2D eigenvalue weighted by Crippen LogP contribution is -2.29. The molecule has 0 heterocycles. The molecule has 5 heteroatoms. The van der Waals surface area contributed by atoms with Crippen LogP contribution in [-0.2, 0) is 9.59 Å². The van der Waals surface area contributed by atoms with Gasteiger partial charge in [-0.3, -0.25) is 14.9 Å². The lowest BCUT2D eigenvalue weighted by atomic mass is 10.3. The highest BCUT2D eigenvalue weighted by molar-refractivity contribution is 5.94. The van der Waals surface area contributed by atoms with Gasteiger partial charge in [0.2, 0.25) is 11.8 Å². The van der Waals surface area contributed by atoms with Crippen molar-refractivity contribution < 1.29 is 20.5 Å². The molecule has 0 aromatic carbocycles. The molecule has 0 spiro atoms. The number of hydrogen-bond donors (Lipinski definition) is 1. The van der Waals surface area contributed by atoms with Gasteiger partial charge in [-0.2, -0.15) is 0 Å². The second-order valence-electron chi connectivity index (χ2n) is 2.47. The number of rotatable bonds is 4. The maximum atomic E-state index is 10.8. The van der Waals surface area contributed by atoms with Crippen LogP contribution in [-0.4, -0.2) is 22.8 Å². The Morgan fingerprint density at radius 1 is 0.923 bits per heavy atom. The minimum absolute atomic E-state index is 0. The molecule has 0 radical (unpaired) electrons. The lowest BCUT2D eigenvalue weighted by Gasteiger charge is -1.99. The second kappa shape index (κ2) is 11.1. The molecule has 0 saturated heterocycles. The van der Waals surface area contributed by atoms with Gasteiger partial charge < -0.3 is 11.0 Å². The van der Waals surface area contributed by atoms with Crippen LogP contribution in [0.5, 0.6) is 0 Å². The summed E-state index contributed by atoms with van der Waals surface area (Å²) in [5.74, 6) is -0.322. The third kappa shape index (κ3) is 11.1. The van der Waals surface area contributed by atoms with Gasteiger partial charge in [0, 0.05) is 12.8 Å². The van der Waals surface area contributed by atoms with E-state index in [2.05, 4.69) is 5.32 Å². The number of carbonyl (C=O) groups excluding carboxylic acids is 2. The Bertz CT molecular complexity index is 131. The molecule has 0 rings (SSSR count). The summed E-state index contributed by atoms with van der Waals surface area (Å²) in [4.78, 5) is 21.6. The highest BCUT2D eigenvalue weighted by Crippen LogP contribution is 1.89. The van der Waals surface area contributed by atoms with E-state index in [0.29, 0.717) is 12.8 Å². The van der Waals surface area contributed by atoms with Gasteiger partial charge in [0.05, 0.1) is 0 Å². The monoisotopic (exact) mass is 193 g/mol. The summed E-state index contributed by atoms with van der Waals surface area (Å²) in [6.07, 6.45) is 2.45. The standard InChI is InChI=1S/C8H15NO2.2H2O/c1-3-5-7(10)9-8(11)6-4-2;;/h3-6H2,1-2H3,(H,9,10,11);2*1H2. The molecule has 13 heavy (non-hydrogen) atoms. The van der Waals surface area contributed by atoms with Crippen molar-refractivity contribution in [1.82, 2.24) is 5.32 Å². The van der Waals surface area contributed by atoms with Crippen LogP contribution in [0.2, 0.25) is 0 Å². The number of carbonyl (C=O) groups is 2. The minimum atomic E-state index is -0.161. The minimum Gasteiger partial charge on any atom is -0.412 e. The fraction of sp³-hybridized carbons (Fsp3) is 0.750. The number of hydrogen-bond acceptors (Lipinski definition) is 2. The first-order chi connectivity index (χ1) is 5.20. The fourth-order valence-corrected chi connectivity index (χ4v) is 0.735. The number of nitrogens with one attached hydrogen (secondary N) is 1. The molecule has 5 nitrogen and oxygen atoms in total. The van der Waals surface area contributed by atoms with Crippen LogP contribution in [0, 0.1) is 0 Å². The summed E-state index contributed by atoms with van der Waals surface area (Å²) in [5.41, 5.74) is 0. The number of amides is 2. The van der Waals surface area contributed by atoms with Gasteiger partial charge >= 0.3 is 0 Å². The molecule has 0 aliphatic heterocycles. The number of imide groups is 1. The van der Waals surface area contributed by atoms with Crippen molar-refractivity contribution in [2.24, 2.45) is 0 Å². The molecule has 5 N–H and O–H groups in total.